The number of benzene rings is 3. The predicted octanol–water partition coefficient (Wildman–Crippen LogP) is 4.64. The van der Waals surface area contributed by atoms with Crippen LogP contribution in [0.1, 0.15) is 22.8 Å². The lowest BCUT2D eigenvalue weighted by atomic mass is 10.1. The first kappa shape index (κ1) is 21.8. The molecule has 3 aromatic carbocycles. The van der Waals surface area contributed by atoms with Gasteiger partial charge in [0.1, 0.15) is 0 Å². The van der Waals surface area contributed by atoms with Crippen LogP contribution in [0.3, 0.4) is 0 Å². The molecule has 0 spiro atoms. The zero-order chi connectivity index (χ0) is 23.0. The van der Waals surface area contributed by atoms with E-state index in [2.05, 4.69) is 5.32 Å². The smallest absolute Gasteiger partial charge is 0.271 e. The molecule has 0 bridgehead atoms. The van der Waals surface area contributed by atoms with E-state index < -0.39 is 20.9 Å². The van der Waals surface area contributed by atoms with Crippen molar-refractivity contribution in [3.63, 3.8) is 0 Å². The van der Waals surface area contributed by atoms with Gasteiger partial charge in [-0.15, -0.1) is 0 Å². The molecule has 0 saturated carbocycles. The van der Waals surface area contributed by atoms with Crippen LogP contribution in [-0.4, -0.2) is 25.3 Å². The average molecular weight is 472 g/mol. The Balaban J connectivity index is 1.61. The van der Waals surface area contributed by atoms with Crippen LogP contribution in [-0.2, 0) is 16.4 Å². The van der Waals surface area contributed by atoms with Gasteiger partial charge in [-0.1, -0.05) is 17.7 Å². The van der Waals surface area contributed by atoms with Gasteiger partial charge in [0.25, 0.3) is 21.6 Å². The van der Waals surface area contributed by atoms with Gasteiger partial charge >= 0.3 is 0 Å². The van der Waals surface area contributed by atoms with Crippen LogP contribution in [0.5, 0.6) is 0 Å². The summed E-state index contributed by atoms with van der Waals surface area (Å²) in [6.07, 6.45) is 0.445. The third kappa shape index (κ3) is 4.04. The Hall–Kier alpha value is -3.43. The molecule has 1 aliphatic heterocycles. The van der Waals surface area contributed by atoms with Crippen LogP contribution >= 0.6 is 11.6 Å². The topological polar surface area (TPSA) is 110 Å². The fraction of sp³-hybridized carbons (Fsp3) is 0.136. The van der Waals surface area contributed by atoms with Gasteiger partial charge < -0.3 is 5.32 Å². The van der Waals surface area contributed by atoms with E-state index in [9.17, 15) is 23.3 Å². The molecule has 1 aliphatic rings. The normalized spacial score (nSPS) is 15.3. The van der Waals surface area contributed by atoms with Crippen LogP contribution < -0.4 is 9.62 Å². The number of hydrogen-bond donors (Lipinski definition) is 1. The minimum atomic E-state index is -3.80. The fourth-order valence-corrected chi connectivity index (χ4v) is 5.55. The molecule has 164 valence electrons. The highest BCUT2D eigenvalue weighted by atomic mass is 35.5. The minimum absolute atomic E-state index is 0.131. The molecule has 8 nitrogen and oxygen atoms in total. The summed E-state index contributed by atoms with van der Waals surface area (Å²) in [7, 11) is -3.80. The van der Waals surface area contributed by atoms with Gasteiger partial charge in [-0.25, -0.2) is 8.42 Å². The van der Waals surface area contributed by atoms with Crippen molar-refractivity contribution in [1.82, 2.24) is 0 Å². The molecule has 0 saturated heterocycles. The molecule has 1 N–H and O–H groups in total. The van der Waals surface area contributed by atoms with E-state index in [-0.39, 0.29) is 16.6 Å². The summed E-state index contributed by atoms with van der Waals surface area (Å²) in [5.74, 6) is -0.444. The van der Waals surface area contributed by atoms with Crippen molar-refractivity contribution in [2.75, 3.05) is 9.62 Å². The molecule has 10 heteroatoms. The number of rotatable bonds is 5. The lowest BCUT2D eigenvalue weighted by Crippen LogP contribution is -2.35. The largest absolute Gasteiger partial charge is 0.322 e. The standard InChI is InChI=1S/C22H18ClN3O5S/c1-14-11-16-12-15(22(27)24-18-3-2-4-19(13-18)26(28)29)5-10-21(16)25(14)32(30,31)20-8-6-17(23)7-9-20/h2-10,12-14H,11H2,1H3,(H,24,27)/t14-/m1/s1. The number of nitrogens with one attached hydrogen (secondary N) is 1. The van der Waals surface area contributed by atoms with Crippen molar-refractivity contribution in [1.29, 1.82) is 0 Å². The van der Waals surface area contributed by atoms with Gasteiger partial charge in [0, 0.05) is 34.4 Å². The molecule has 0 fully saturated rings. The summed E-state index contributed by atoms with van der Waals surface area (Å²) < 4.78 is 27.8. The summed E-state index contributed by atoms with van der Waals surface area (Å²) in [6, 6.07) is 16.1. The number of carbonyl (C=O) groups is 1. The molecule has 0 radical (unpaired) electrons. The highest BCUT2D eigenvalue weighted by molar-refractivity contribution is 7.92. The number of nitro benzene ring substituents is 1. The maximum atomic E-state index is 13.2. The van der Waals surface area contributed by atoms with Crippen molar-refractivity contribution in [2.45, 2.75) is 24.3 Å². The Morgan fingerprint density at radius 2 is 1.84 bits per heavy atom. The second kappa shape index (κ2) is 8.25. The molecule has 0 aromatic heterocycles. The number of nitro groups is 1. The lowest BCUT2D eigenvalue weighted by Gasteiger charge is -2.24. The Labute approximate surface area is 189 Å². The Morgan fingerprint density at radius 3 is 2.53 bits per heavy atom. The first-order chi connectivity index (χ1) is 15.2. The second-order valence-electron chi connectivity index (χ2n) is 7.41. The second-order valence-corrected chi connectivity index (χ2v) is 9.66. The Morgan fingerprint density at radius 1 is 1.12 bits per heavy atom. The van der Waals surface area contributed by atoms with Crippen LogP contribution in [0.15, 0.2) is 71.6 Å². The van der Waals surface area contributed by atoms with E-state index in [1.54, 1.807) is 25.1 Å². The molecule has 4 rings (SSSR count). The van der Waals surface area contributed by atoms with Crippen LogP contribution in [0.2, 0.25) is 5.02 Å². The Bertz CT molecular complexity index is 1330. The number of carbonyl (C=O) groups excluding carboxylic acids is 1. The van der Waals surface area contributed by atoms with Crippen molar-refractivity contribution < 1.29 is 18.1 Å². The van der Waals surface area contributed by atoms with E-state index in [1.165, 1.54) is 52.8 Å². The van der Waals surface area contributed by atoms with Crippen molar-refractivity contribution in [3.8, 4) is 0 Å². The molecule has 1 atom stereocenters. The van der Waals surface area contributed by atoms with Gasteiger partial charge in [-0.2, -0.15) is 0 Å². The molecule has 1 amide bonds. The number of fused-ring (bicyclic) bond motifs is 1. The van der Waals surface area contributed by atoms with Crippen LogP contribution in [0.4, 0.5) is 17.1 Å². The van der Waals surface area contributed by atoms with E-state index in [4.69, 9.17) is 11.6 Å². The maximum Gasteiger partial charge on any atom is 0.271 e. The maximum absolute atomic E-state index is 13.2. The number of amides is 1. The monoisotopic (exact) mass is 471 g/mol. The quantitative estimate of drug-likeness (QED) is 0.430. The zero-order valence-electron chi connectivity index (χ0n) is 16.9. The molecule has 0 aliphatic carbocycles. The number of sulfonamides is 1. The highest BCUT2D eigenvalue weighted by Gasteiger charge is 2.36. The van der Waals surface area contributed by atoms with Crippen LogP contribution in [0.25, 0.3) is 0 Å². The number of nitrogens with zero attached hydrogens (tertiary/aromatic N) is 2. The van der Waals surface area contributed by atoms with Crippen LogP contribution in [0, 0.1) is 10.1 Å². The fourth-order valence-electron chi connectivity index (χ4n) is 3.73. The zero-order valence-corrected chi connectivity index (χ0v) is 18.4. The predicted molar refractivity (Wildman–Crippen MR) is 122 cm³/mol. The van der Waals surface area contributed by atoms with Crippen molar-refractivity contribution in [2.24, 2.45) is 0 Å². The van der Waals surface area contributed by atoms with Gasteiger partial charge in [0.2, 0.25) is 0 Å². The summed E-state index contributed by atoms with van der Waals surface area (Å²) in [6.45, 7) is 1.80. The highest BCUT2D eigenvalue weighted by Crippen LogP contribution is 2.37. The number of halogens is 1. The van der Waals surface area contributed by atoms with E-state index in [1.807, 2.05) is 0 Å². The molecule has 3 aromatic rings. The van der Waals surface area contributed by atoms with E-state index >= 15 is 0 Å². The average Bonchev–Trinajstić information content (AvgIpc) is 3.09. The van der Waals surface area contributed by atoms with Crippen molar-refractivity contribution in [3.05, 3.63) is 93.0 Å². The van der Waals surface area contributed by atoms with E-state index in [0.717, 1.165) is 5.56 Å². The summed E-state index contributed by atoms with van der Waals surface area (Å²) in [5, 5.41) is 14.0. The summed E-state index contributed by atoms with van der Waals surface area (Å²) in [5.41, 5.74) is 1.73. The SMILES string of the molecule is C[C@@H]1Cc2cc(C(=O)Nc3cccc([N+](=O)[O-])c3)ccc2N1S(=O)(=O)c1ccc(Cl)cc1. The third-order valence-electron chi connectivity index (χ3n) is 5.18. The Kier molecular flexibility index (Phi) is 5.62. The first-order valence-electron chi connectivity index (χ1n) is 9.65. The third-order valence-corrected chi connectivity index (χ3v) is 7.37. The van der Waals surface area contributed by atoms with Crippen molar-refractivity contribution >= 4 is 44.6 Å². The lowest BCUT2D eigenvalue weighted by molar-refractivity contribution is -0.384. The van der Waals surface area contributed by atoms with Gasteiger partial charge in [-0.05, 0) is 67.4 Å². The summed E-state index contributed by atoms with van der Waals surface area (Å²) in [4.78, 5) is 23.2. The number of anilines is 2. The molecule has 1 heterocycles. The minimum Gasteiger partial charge on any atom is -0.322 e. The van der Waals surface area contributed by atoms with Gasteiger partial charge in [0.15, 0.2) is 0 Å². The molecular weight excluding hydrogens is 454 g/mol. The molecule has 32 heavy (non-hydrogen) atoms. The van der Waals surface area contributed by atoms with Gasteiger partial charge in [0.05, 0.1) is 15.5 Å². The first-order valence-corrected chi connectivity index (χ1v) is 11.5. The van der Waals surface area contributed by atoms with Gasteiger partial charge in [-0.3, -0.25) is 19.2 Å². The number of hydrogen-bond acceptors (Lipinski definition) is 5. The summed E-state index contributed by atoms with van der Waals surface area (Å²) >= 11 is 5.88. The van der Waals surface area contributed by atoms with E-state index in [0.29, 0.717) is 28.4 Å². The number of non-ortho nitro benzene ring substituents is 1. The molecular formula is C22H18ClN3O5S. The molecule has 0 unspecified atom stereocenters.